The van der Waals surface area contributed by atoms with E-state index in [-0.39, 0.29) is 23.7 Å². The fraction of sp³-hybridized carbons (Fsp3) is 0.348. The molecule has 11 heteroatoms. The van der Waals surface area contributed by atoms with Gasteiger partial charge in [0.1, 0.15) is 17.1 Å². The van der Waals surface area contributed by atoms with Crippen molar-refractivity contribution in [3.63, 3.8) is 0 Å². The highest BCUT2D eigenvalue weighted by atomic mass is 32.1. The highest BCUT2D eigenvalue weighted by molar-refractivity contribution is 7.12. The van der Waals surface area contributed by atoms with E-state index >= 15 is 0 Å². The molecule has 0 saturated heterocycles. The van der Waals surface area contributed by atoms with E-state index in [9.17, 15) is 32.7 Å². The van der Waals surface area contributed by atoms with Crippen molar-refractivity contribution in [2.45, 2.75) is 51.6 Å². The van der Waals surface area contributed by atoms with E-state index in [1.54, 1.807) is 25.1 Å². The first-order valence-electron chi connectivity index (χ1n) is 10.3. The van der Waals surface area contributed by atoms with Crippen molar-refractivity contribution in [3.05, 3.63) is 67.5 Å². The van der Waals surface area contributed by atoms with Crippen molar-refractivity contribution in [1.82, 2.24) is 5.32 Å². The van der Waals surface area contributed by atoms with Crippen molar-refractivity contribution in [2.24, 2.45) is 0 Å². The zero-order chi connectivity index (χ0) is 25.5. The number of halogens is 3. The molecule has 184 valence electrons. The van der Waals surface area contributed by atoms with Gasteiger partial charge in [-0.15, -0.1) is 11.3 Å². The Kier molecular flexibility index (Phi) is 9.25. The van der Waals surface area contributed by atoms with E-state index in [1.807, 2.05) is 0 Å². The number of rotatable bonds is 10. The van der Waals surface area contributed by atoms with Gasteiger partial charge in [-0.2, -0.15) is 13.2 Å². The number of thiophene rings is 1. The zero-order valence-corrected chi connectivity index (χ0v) is 19.3. The molecule has 0 aliphatic rings. The molecule has 0 bridgehead atoms. The molecule has 0 radical (unpaired) electrons. The summed E-state index contributed by atoms with van der Waals surface area (Å²) >= 11 is 1.11. The third-order valence-corrected chi connectivity index (χ3v) is 5.90. The minimum absolute atomic E-state index is 0.115. The number of aromatic hydroxyl groups is 1. The molecule has 0 spiro atoms. The molecule has 2 aromatic rings. The third kappa shape index (κ3) is 8.22. The fourth-order valence-electron chi connectivity index (χ4n) is 3.00. The minimum atomic E-state index is -4.25. The Bertz CT molecular complexity index is 1150. The normalized spacial score (nSPS) is 13.3. The van der Waals surface area contributed by atoms with Crippen LogP contribution < -0.4 is 10.9 Å². The summed E-state index contributed by atoms with van der Waals surface area (Å²) in [6.07, 6.45) is -1.28. The Morgan fingerprint density at radius 1 is 1.29 bits per heavy atom. The lowest BCUT2D eigenvalue weighted by Gasteiger charge is -2.11. The molecular formula is C23H24F3NO6S. The number of hydrogen-bond acceptors (Lipinski definition) is 6. The summed E-state index contributed by atoms with van der Waals surface area (Å²) in [5.41, 5.74) is -1.41. The van der Waals surface area contributed by atoms with Crippen molar-refractivity contribution in [1.29, 1.82) is 0 Å². The highest BCUT2D eigenvalue weighted by Crippen LogP contribution is 2.28. The van der Waals surface area contributed by atoms with Crippen LogP contribution in [-0.2, 0) is 6.42 Å². The molecule has 2 heterocycles. The quantitative estimate of drug-likeness (QED) is 0.279. The number of aryl methyl sites for hydroxylation is 1. The predicted octanol–water partition coefficient (Wildman–Crippen LogP) is 5.85. The Balaban J connectivity index is 2.11. The second kappa shape index (κ2) is 11.7. The maximum Gasteiger partial charge on any atom is 0.408 e. The molecule has 2 aromatic heterocycles. The second-order valence-electron chi connectivity index (χ2n) is 7.60. The maximum atomic E-state index is 12.7. The third-order valence-electron chi connectivity index (χ3n) is 4.81. The Morgan fingerprint density at radius 3 is 2.62 bits per heavy atom. The molecule has 7 nitrogen and oxygen atoms in total. The zero-order valence-electron chi connectivity index (χ0n) is 18.4. The van der Waals surface area contributed by atoms with Crippen LogP contribution in [-0.4, -0.2) is 28.3 Å². The van der Waals surface area contributed by atoms with Crippen LogP contribution in [0.25, 0.3) is 6.08 Å². The lowest BCUT2D eigenvalue weighted by molar-refractivity contribution is -0.133. The number of carbonyl (C=O) groups is 2. The van der Waals surface area contributed by atoms with Gasteiger partial charge in [-0.3, -0.25) is 10.1 Å². The first-order chi connectivity index (χ1) is 15.9. The van der Waals surface area contributed by atoms with E-state index in [2.05, 4.69) is 5.32 Å². The predicted molar refractivity (Wildman–Crippen MR) is 121 cm³/mol. The van der Waals surface area contributed by atoms with Crippen LogP contribution in [0.1, 0.15) is 64.9 Å². The van der Waals surface area contributed by atoms with Crippen molar-refractivity contribution < 1.29 is 37.4 Å². The van der Waals surface area contributed by atoms with Gasteiger partial charge in [0.15, 0.2) is 5.78 Å². The lowest BCUT2D eigenvalue weighted by atomic mass is 10.00. The summed E-state index contributed by atoms with van der Waals surface area (Å²) < 4.78 is 42.4. The number of hydrogen-bond donors (Lipinski definition) is 3. The Hall–Kier alpha value is -3.34. The Morgan fingerprint density at radius 2 is 2.00 bits per heavy atom. The molecule has 0 aliphatic heterocycles. The van der Waals surface area contributed by atoms with E-state index in [0.717, 1.165) is 11.3 Å². The SMILES string of the molecule is CC(=Cc1ccc(CCC(F)(F)F)s1)C(=O)c1c(O)cc(C(C)CC/C=C/NC(=O)O)oc1=O. The summed E-state index contributed by atoms with van der Waals surface area (Å²) in [7, 11) is 0. The minimum Gasteiger partial charge on any atom is -0.507 e. The van der Waals surface area contributed by atoms with Gasteiger partial charge in [0, 0.05) is 34.4 Å². The maximum absolute atomic E-state index is 12.7. The van der Waals surface area contributed by atoms with Gasteiger partial charge >= 0.3 is 17.9 Å². The molecule has 1 amide bonds. The van der Waals surface area contributed by atoms with Crippen LogP contribution in [0.5, 0.6) is 5.75 Å². The molecular weight excluding hydrogens is 475 g/mol. The summed E-state index contributed by atoms with van der Waals surface area (Å²) in [4.78, 5) is 36.6. The van der Waals surface area contributed by atoms with Crippen LogP contribution in [0.3, 0.4) is 0 Å². The largest absolute Gasteiger partial charge is 0.507 e. The van der Waals surface area contributed by atoms with Gasteiger partial charge in [-0.05, 0) is 50.0 Å². The molecule has 0 aliphatic carbocycles. The van der Waals surface area contributed by atoms with Crippen LogP contribution in [0.15, 0.2) is 45.3 Å². The van der Waals surface area contributed by atoms with Gasteiger partial charge in [0.05, 0.1) is 0 Å². The van der Waals surface area contributed by atoms with E-state index in [4.69, 9.17) is 9.52 Å². The topological polar surface area (TPSA) is 117 Å². The summed E-state index contributed by atoms with van der Waals surface area (Å²) in [6.45, 7) is 3.18. The van der Waals surface area contributed by atoms with Gasteiger partial charge in [0.25, 0.3) is 0 Å². The highest BCUT2D eigenvalue weighted by Gasteiger charge is 2.27. The average molecular weight is 500 g/mol. The number of ketones is 1. The molecule has 0 aromatic carbocycles. The monoisotopic (exact) mass is 499 g/mol. The number of amides is 1. The summed E-state index contributed by atoms with van der Waals surface area (Å²) in [5, 5.41) is 20.9. The molecule has 34 heavy (non-hydrogen) atoms. The standard InChI is InChI=1S/C23H24F3NO6S/c1-13(5-3-4-10-27-22(31)32)18-12-17(28)19(21(30)33-18)20(29)14(2)11-16-7-6-15(34-16)8-9-23(24,25)26/h4,6-7,10-13,27-28H,3,5,8-9H2,1-2H3,(H,31,32)/b10-4+,14-11?. The molecule has 1 unspecified atom stereocenters. The lowest BCUT2D eigenvalue weighted by Crippen LogP contribution is -2.16. The van der Waals surface area contributed by atoms with Crippen molar-refractivity contribution in [2.75, 3.05) is 0 Å². The van der Waals surface area contributed by atoms with Crippen molar-refractivity contribution in [3.8, 4) is 5.75 Å². The number of Topliss-reactive ketones (excluding diaryl/α,β-unsaturated/α-hetero) is 1. The molecule has 2 rings (SSSR count). The van der Waals surface area contributed by atoms with Gasteiger partial charge in [0.2, 0.25) is 0 Å². The molecule has 0 saturated carbocycles. The average Bonchev–Trinajstić information content (AvgIpc) is 3.17. The van der Waals surface area contributed by atoms with Crippen LogP contribution in [0.2, 0.25) is 0 Å². The molecule has 0 fully saturated rings. The summed E-state index contributed by atoms with van der Waals surface area (Å²) in [5.74, 6) is -1.41. The smallest absolute Gasteiger partial charge is 0.408 e. The number of nitrogens with one attached hydrogen (secondary N) is 1. The number of alkyl halides is 3. The van der Waals surface area contributed by atoms with Gasteiger partial charge in [-0.1, -0.05) is 13.0 Å². The first-order valence-corrected chi connectivity index (χ1v) is 11.1. The summed E-state index contributed by atoms with van der Waals surface area (Å²) in [6, 6.07) is 4.34. The number of carbonyl (C=O) groups excluding carboxylic acids is 1. The first kappa shape index (κ1) is 26.9. The molecule has 3 N–H and O–H groups in total. The Labute approximate surface area is 197 Å². The number of allylic oxidation sites excluding steroid dienone is 2. The van der Waals surface area contributed by atoms with E-state index in [1.165, 1.54) is 25.3 Å². The van der Waals surface area contributed by atoms with E-state index < -0.39 is 41.4 Å². The van der Waals surface area contributed by atoms with Gasteiger partial charge in [-0.25, -0.2) is 9.59 Å². The van der Waals surface area contributed by atoms with Crippen molar-refractivity contribution >= 4 is 29.3 Å². The van der Waals surface area contributed by atoms with Crippen LogP contribution >= 0.6 is 11.3 Å². The molecule has 1 atom stereocenters. The second-order valence-corrected chi connectivity index (χ2v) is 8.80. The van der Waals surface area contributed by atoms with Crippen LogP contribution in [0.4, 0.5) is 18.0 Å². The number of carboxylic acid groups (broad SMARTS) is 1. The van der Waals surface area contributed by atoms with Gasteiger partial charge < -0.3 is 14.6 Å². The van der Waals surface area contributed by atoms with E-state index in [0.29, 0.717) is 22.6 Å². The fourth-order valence-corrected chi connectivity index (χ4v) is 4.02. The van der Waals surface area contributed by atoms with Crippen LogP contribution in [0, 0.1) is 0 Å².